The molecule has 1 aliphatic rings. The van der Waals surface area contributed by atoms with E-state index in [1.54, 1.807) is 7.05 Å². The number of aromatic nitrogens is 2. The second-order valence-electron chi connectivity index (χ2n) is 3.93. The number of hydrogen-bond donors (Lipinski definition) is 2. The molecule has 0 radical (unpaired) electrons. The minimum absolute atomic E-state index is 0.100. The van der Waals surface area contributed by atoms with Crippen LogP contribution < -0.4 is 5.32 Å². The Kier molecular flexibility index (Phi) is 3.53. The van der Waals surface area contributed by atoms with E-state index in [9.17, 15) is 4.79 Å². The van der Waals surface area contributed by atoms with Crippen LogP contribution in [0.4, 0.5) is 5.82 Å². The molecule has 6 nitrogen and oxygen atoms in total. The molecule has 0 amide bonds. The van der Waals surface area contributed by atoms with E-state index in [4.69, 9.17) is 9.84 Å². The number of rotatable bonds is 3. The zero-order valence-corrected chi connectivity index (χ0v) is 9.64. The van der Waals surface area contributed by atoms with Gasteiger partial charge in [-0.05, 0) is 12.8 Å². The minimum atomic E-state index is -1.02. The molecule has 0 aliphatic carbocycles. The molecule has 2 heterocycles. The van der Waals surface area contributed by atoms with Gasteiger partial charge in [0, 0.05) is 32.4 Å². The zero-order chi connectivity index (χ0) is 12.3. The summed E-state index contributed by atoms with van der Waals surface area (Å²) < 4.78 is 5.27. The first-order valence-corrected chi connectivity index (χ1v) is 5.58. The third-order valence-electron chi connectivity index (χ3n) is 2.86. The van der Waals surface area contributed by atoms with Crippen molar-refractivity contribution in [2.75, 3.05) is 25.6 Å². The predicted octanol–water partition coefficient (Wildman–Crippen LogP) is 1.11. The van der Waals surface area contributed by atoms with E-state index in [2.05, 4.69) is 15.3 Å². The third kappa shape index (κ3) is 2.52. The quantitative estimate of drug-likeness (QED) is 0.819. The SMILES string of the molecule is CNc1nc(C2CCOCC2)ncc1C(=O)O. The van der Waals surface area contributed by atoms with Gasteiger partial charge in [-0.1, -0.05) is 0 Å². The molecular weight excluding hydrogens is 222 g/mol. The molecule has 0 atom stereocenters. The van der Waals surface area contributed by atoms with Crippen molar-refractivity contribution in [2.24, 2.45) is 0 Å². The third-order valence-corrected chi connectivity index (χ3v) is 2.86. The smallest absolute Gasteiger partial charge is 0.341 e. The van der Waals surface area contributed by atoms with Crippen LogP contribution in [-0.4, -0.2) is 41.3 Å². The highest BCUT2D eigenvalue weighted by Crippen LogP contribution is 2.25. The fourth-order valence-corrected chi connectivity index (χ4v) is 1.90. The fraction of sp³-hybridized carbons (Fsp3) is 0.545. The largest absolute Gasteiger partial charge is 0.477 e. The number of nitrogens with one attached hydrogen (secondary N) is 1. The van der Waals surface area contributed by atoms with Crippen LogP contribution in [0.1, 0.15) is 34.9 Å². The summed E-state index contributed by atoms with van der Waals surface area (Å²) in [7, 11) is 1.66. The molecule has 0 unspecified atom stereocenters. The Morgan fingerprint density at radius 1 is 1.53 bits per heavy atom. The lowest BCUT2D eigenvalue weighted by atomic mass is 9.99. The Morgan fingerprint density at radius 2 is 2.24 bits per heavy atom. The van der Waals surface area contributed by atoms with E-state index in [1.165, 1.54) is 6.20 Å². The van der Waals surface area contributed by atoms with Crippen molar-refractivity contribution in [3.05, 3.63) is 17.6 Å². The van der Waals surface area contributed by atoms with Gasteiger partial charge < -0.3 is 15.2 Å². The van der Waals surface area contributed by atoms with Crippen LogP contribution >= 0.6 is 0 Å². The second kappa shape index (κ2) is 5.09. The molecule has 92 valence electrons. The van der Waals surface area contributed by atoms with E-state index < -0.39 is 5.97 Å². The van der Waals surface area contributed by atoms with Gasteiger partial charge in [-0.3, -0.25) is 0 Å². The summed E-state index contributed by atoms with van der Waals surface area (Å²) in [5.74, 6) is 0.309. The van der Waals surface area contributed by atoms with Crippen LogP contribution in [0.5, 0.6) is 0 Å². The molecule has 2 N–H and O–H groups in total. The van der Waals surface area contributed by atoms with Crippen LogP contribution in [0.25, 0.3) is 0 Å². The maximum atomic E-state index is 10.9. The van der Waals surface area contributed by atoms with Gasteiger partial charge in [-0.2, -0.15) is 0 Å². The van der Waals surface area contributed by atoms with Crippen molar-refractivity contribution >= 4 is 11.8 Å². The van der Waals surface area contributed by atoms with Gasteiger partial charge in [-0.25, -0.2) is 14.8 Å². The molecule has 2 rings (SSSR count). The van der Waals surface area contributed by atoms with E-state index in [0.717, 1.165) is 12.8 Å². The van der Waals surface area contributed by atoms with Crippen molar-refractivity contribution in [3.8, 4) is 0 Å². The molecule has 0 aromatic carbocycles. The van der Waals surface area contributed by atoms with Gasteiger partial charge in [0.25, 0.3) is 0 Å². The first kappa shape index (κ1) is 11.8. The lowest BCUT2D eigenvalue weighted by Gasteiger charge is -2.21. The molecule has 1 aromatic rings. The van der Waals surface area contributed by atoms with Crippen LogP contribution in [0.2, 0.25) is 0 Å². The molecular formula is C11H15N3O3. The van der Waals surface area contributed by atoms with E-state index in [-0.39, 0.29) is 11.5 Å². The molecule has 1 saturated heterocycles. The van der Waals surface area contributed by atoms with Crippen LogP contribution in [-0.2, 0) is 4.74 Å². The minimum Gasteiger partial charge on any atom is -0.477 e. The summed E-state index contributed by atoms with van der Waals surface area (Å²) in [5.41, 5.74) is 0.100. The first-order chi connectivity index (χ1) is 8.22. The molecule has 17 heavy (non-hydrogen) atoms. The lowest BCUT2D eigenvalue weighted by molar-refractivity contribution is 0.0696. The number of nitrogens with zero attached hydrogens (tertiary/aromatic N) is 2. The second-order valence-corrected chi connectivity index (χ2v) is 3.93. The predicted molar refractivity (Wildman–Crippen MR) is 61.3 cm³/mol. The summed E-state index contributed by atoms with van der Waals surface area (Å²) in [6, 6.07) is 0. The summed E-state index contributed by atoms with van der Waals surface area (Å²) in [6.45, 7) is 1.42. The summed E-state index contributed by atoms with van der Waals surface area (Å²) in [5, 5.41) is 11.8. The summed E-state index contributed by atoms with van der Waals surface area (Å²) in [6.07, 6.45) is 3.14. The maximum Gasteiger partial charge on any atom is 0.341 e. The van der Waals surface area contributed by atoms with Gasteiger partial charge in [-0.15, -0.1) is 0 Å². The Morgan fingerprint density at radius 3 is 2.82 bits per heavy atom. The van der Waals surface area contributed by atoms with E-state index >= 15 is 0 Å². The molecule has 1 aliphatic heterocycles. The number of carboxylic acid groups (broad SMARTS) is 1. The normalized spacial score (nSPS) is 16.8. The van der Waals surface area contributed by atoms with Gasteiger partial charge in [0.1, 0.15) is 17.2 Å². The van der Waals surface area contributed by atoms with Crippen LogP contribution in [0.3, 0.4) is 0 Å². The number of ether oxygens (including phenoxy) is 1. The van der Waals surface area contributed by atoms with Crippen molar-refractivity contribution in [3.63, 3.8) is 0 Å². The monoisotopic (exact) mass is 237 g/mol. The molecule has 0 spiro atoms. The maximum absolute atomic E-state index is 10.9. The average Bonchev–Trinajstić information content (AvgIpc) is 2.39. The highest BCUT2D eigenvalue weighted by atomic mass is 16.5. The number of carboxylic acids is 1. The lowest BCUT2D eigenvalue weighted by Crippen LogP contribution is -2.18. The van der Waals surface area contributed by atoms with Crippen LogP contribution in [0.15, 0.2) is 6.20 Å². The Labute approximate surface area is 99.0 Å². The van der Waals surface area contributed by atoms with Crippen LogP contribution in [0, 0.1) is 0 Å². The molecule has 1 aromatic heterocycles. The van der Waals surface area contributed by atoms with Crippen molar-refractivity contribution in [2.45, 2.75) is 18.8 Å². The topological polar surface area (TPSA) is 84.3 Å². The van der Waals surface area contributed by atoms with E-state index in [1.807, 2.05) is 0 Å². The molecule has 0 bridgehead atoms. The zero-order valence-electron chi connectivity index (χ0n) is 9.64. The fourth-order valence-electron chi connectivity index (χ4n) is 1.90. The number of hydrogen-bond acceptors (Lipinski definition) is 5. The Bertz CT molecular complexity index is 416. The van der Waals surface area contributed by atoms with Gasteiger partial charge >= 0.3 is 5.97 Å². The number of aromatic carboxylic acids is 1. The highest BCUT2D eigenvalue weighted by Gasteiger charge is 2.21. The summed E-state index contributed by atoms with van der Waals surface area (Å²) >= 11 is 0. The van der Waals surface area contributed by atoms with Crippen molar-refractivity contribution in [1.82, 2.24) is 9.97 Å². The molecule has 1 fully saturated rings. The molecule has 0 saturated carbocycles. The average molecular weight is 237 g/mol. The Balaban J connectivity index is 2.27. The first-order valence-electron chi connectivity index (χ1n) is 5.58. The number of anilines is 1. The highest BCUT2D eigenvalue weighted by molar-refractivity contribution is 5.92. The van der Waals surface area contributed by atoms with Crippen molar-refractivity contribution < 1.29 is 14.6 Å². The Hall–Kier alpha value is -1.69. The van der Waals surface area contributed by atoms with E-state index in [0.29, 0.717) is 24.9 Å². The van der Waals surface area contributed by atoms with Crippen molar-refractivity contribution in [1.29, 1.82) is 0 Å². The standard InChI is InChI=1S/C11H15N3O3/c1-12-10-8(11(15)16)6-13-9(14-10)7-2-4-17-5-3-7/h6-7H,2-5H2,1H3,(H,15,16)(H,12,13,14). The number of carbonyl (C=O) groups is 1. The van der Waals surface area contributed by atoms with Gasteiger partial charge in [0.2, 0.25) is 0 Å². The van der Waals surface area contributed by atoms with Gasteiger partial charge in [0.05, 0.1) is 0 Å². The summed E-state index contributed by atoms with van der Waals surface area (Å²) in [4.78, 5) is 19.4. The van der Waals surface area contributed by atoms with Gasteiger partial charge in [0.15, 0.2) is 0 Å². The molecule has 6 heteroatoms.